The smallest absolute Gasteiger partial charge is 0.143 e. The molecular formula is C9H8FN5. The summed E-state index contributed by atoms with van der Waals surface area (Å²) in [4.78, 5) is 6.30. The molecule has 0 bridgehead atoms. The van der Waals surface area contributed by atoms with Crippen molar-refractivity contribution in [3.8, 4) is 11.8 Å². The van der Waals surface area contributed by atoms with Crippen LogP contribution in [0.4, 0.5) is 10.1 Å². The summed E-state index contributed by atoms with van der Waals surface area (Å²) < 4.78 is 12.6. The molecule has 0 aromatic carbocycles. The maximum atomic E-state index is 12.6. The normalized spacial score (nSPS) is 8.60. The van der Waals surface area contributed by atoms with Gasteiger partial charge in [0.2, 0.25) is 0 Å². The van der Waals surface area contributed by atoms with Crippen LogP contribution in [0.25, 0.3) is 10.4 Å². The van der Waals surface area contributed by atoms with Crippen LogP contribution in [0.15, 0.2) is 17.4 Å². The number of halogens is 1. The van der Waals surface area contributed by atoms with Crippen LogP contribution in [-0.4, -0.2) is 11.5 Å². The molecule has 0 saturated heterocycles. The van der Waals surface area contributed by atoms with Gasteiger partial charge in [-0.25, -0.2) is 9.37 Å². The van der Waals surface area contributed by atoms with E-state index in [9.17, 15) is 4.39 Å². The number of azide groups is 1. The van der Waals surface area contributed by atoms with Crippen LogP contribution < -0.4 is 5.73 Å². The van der Waals surface area contributed by atoms with E-state index in [1.807, 2.05) is 0 Å². The molecule has 0 fully saturated rings. The molecule has 1 aromatic heterocycles. The minimum Gasteiger partial charge on any atom is -0.396 e. The van der Waals surface area contributed by atoms with Crippen LogP contribution in [0, 0.1) is 17.7 Å². The molecule has 6 heteroatoms. The van der Waals surface area contributed by atoms with Gasteiger partial charge in [-0.2, -0.15) is 0 Å². The van der Waals surface area contributed by atoms with Gasteiger partial charge >= 0.3 is 0 Å². The van der Waals surface area contributed by atoms with Crippen molar-refractivity contribution in [3.05, 3.63) is 34.2 Å². The zero-order valence-corrected chi connectivity index (χ0v) is 7.81. The second kappa shape index (κ2) is 5.47. The Bertz CT molecular complexity index is 453. The fraction of sp³-hybridized carbons (Fsp3) is 0.222. The van der Waals surface area contributed by atoms with Crippen molar-refractivity contribution in [1.29, 1.82) is 0 Å². The number of hydrogen-bond donors (Lipinski definition) is 1. The minimum atomic E-state index is -0.493. The Morgan fingerprint density at radius 3 is 3.13 bits per heavy atom. The first-order valence-electron chi connectivity index (χ1n) is 4.15. The molecule has 0 aliphatic carbocycles. The lowest BCUT2D eigenvalue weighted by molar-refractivity contribution is 0.622. The molecule has 0 unspecified atom stereocenters. The SMILES string of the molecule is [N-]=[N+]=NCCC#Cc1ncc(F)cc1N. The molecule has 76 valence electrons. The van der Waals surface area contributed by atoms with E-state index in [1.165, 1.54) is 0 Å². The van der Waals surface area contributed by atoms with Gasteiger partial charge in [-0.15, -0.1) is 0 Å². The maximum absolute atomic E-state index is 12.6. The second-order valence-electron chi connectivity index (χ2n) is 2.60. The summed E-state index contributed by atoms with van der Waals surface area (Å²) in [6.07, 6.45) is 1.47. The van der Waals surface area contributed by atoms with Gasteiger partial charge in [0.05, 0.1) is 11.9 Å². The summed E-state index contributed by atoms with van der Waals surface area (Å²) in [6.45, 7) is 0.296. The van der Waals surface area contributed by atoms with Crippen LogP contribution in [0.3, 0.4) is 0 Å². The van der Waals surface area contributed by atoms with Gasteiger partial charge in [-0.3, -0.25) is 0 Å². The number of nitrogens with two attached hydrogens (primary N) is 1. The lowest BCUT2D eigenvalue weighted by Crippen LogP contribution is -1.94. The van der Waals surface area contributed by atoms with Crippen LogP contribution in [0.5, 0.6) is 0 Å². The zero-order valence-electron chi connectivity index (χ0n) is 7.81. The molecule has 0 aliphatic rings. The topological polar surface area (TPSA) is 87.7 Å². The van der Waals surface area contributed by atoms with Crippen molar-refractivity contribution in [1.82, 2.24) is 4.98 Å². The Kier molecular flexibility index (Phi) is 3.95. The summed E-state index contributed by atoms with van der Waals surface area (Å²) in [5.41, 5.74) is 14.0. The summed E-state index contributed by atoms with van der Waals surface area (Å²) in [7, 11) is 0. The third-order valence-corrected chi connectivity index (χ3v) is 1.49. The Hall–Kier alpha value is -2.25. The van der Waals surface area contributed by atoms with Gasteiger partial charge in [0, 0.05) is 23.9 Å². The van der Waals surface area contributed by atoms with E-state index in [0.29, 0.717) is 18.7 Å². The van der Waals surface area contributed by atoms with Crippen LogP contribution in [0.1, 0.15) is 12.1 Å². The van der Waals surface area contributed by atoms with Gasteiger partial charge in [0.25, 0.3) is 0 Å². The highest BCUT2D eigenvalue weighted by molar-refractivity contribution is 5.51. The summed E-state index contributed by atoms with van der Waals surface area (Å²) in [5.74, 6) is 4.89. The van der Waals surface area contributed by atoms with E-state index in [1.54, 1.807) is 0 Å². The van der Waals surface area contributed by atoms with Crippen LogP contribution in [0.2, 0.25) is 0 Å². The molecule has 0 saturated carbocycles. The minimum absolute atomic E-state index is 0.200. The summed E-state index contributed by atoms with van der Waals surface area (Å²) in [5, 5.41) is 3.31. The summed E-state index contributed by atoms with van der Waals surface area (Å²) >= 11 is 0. The van der Waals surface area contributed by atoms with Gasteiger partial charge in [0.1, 0.15) is 11.5 Å². The highest BCUT2D eigenvalue weighted by Crippen LogP contribution is 2.08. The molecule has 0 atom stereocenters. The number of hydrogen-bond acceptors (Lipinski definition) is 3. The van der Waals surface area contributed by atoms with Gasteiger partial charge in [-0.05, 0) is 11.5 Å². The van der Waals surface area contributed by atoms with E-state index >= 15 is 0 Å². The monoisotopic (exact) mass is 205 g/mol. The van der Waals surface area contributed by atoms with E-state index < -0.39 is 5.82 Å². The molecule has 1 rings (SSSR count). The number of anilines is 1. The number of nitrogens with zero attached hydrogens (tertiary/aromatic N) is 4. The lowest BCUT2D eigenvalue weighted by Gasteiger charge is -1.95. The average Bonchev–Trinajstić information content (AvgIpc) is 2.20. The Morgan fingerprint density at radius 2 is 2.47 bits per heavy atom. The van der Waals surface area contributed by atoms with Crippen molar-refractivity contribution in [2.45, 2.75) is 6.42 Å². The molecule has 0 radical (unpaired) electrons. The molecule has 15 heavy (non-hydrogen) atoms. The number of nitrogen functional groups attached to an aromatic ring is 1. The van der Waals surface area contributed by atoms with Crippen LogP contribution in [-0.2, 0) is 0 Å². The van der Waals surface area contributed by atoms with E-state index in [0.717, 1.165) is 12.3 Å². The largest absolute Gasteiger partial charge is 0.396 e. The lowest BCUT2D eigenvalue weighted by atomic mass is 10.3. The molecule has 0 spiro atoms. The zero-order chi connectivity index (χ0) is 11.1. The van der Waals surface area contributed by atoms with Gasteiger partial charge in [-0.1, -0.05) is 11.0 Å². The molecule has 0 aliphatic heterocycles. The molecular weight excluding hydrogens is 197 g/mol. The standard InChI is InChI=1S/C9H8FN5/c10-7-5-8(11)9(13-6-7)3-1-2-4-14-15-12/h5-6H,2,4,11H2. The number of pyridine rings is 1. The Labute approximate surface area is 85.7 Å². The highest BCUT2D eigenvalue weighted by Gasteiger charge is 1.97. The first-order chi connectivity index (χ1) is 7.24. The quantitative estimate of drug-likeness (QED) is 0.262. The fourth-order valence-electron chi connectivity index (χ4n) is 0.856. The van der Waals surface area contributed by atoms with Gasteiger partial charge < -0.3 is 5.73 Å². The second-order valence-corrected chi connectivity index (χ2v) is 2.60. The Balaban J connectivity index is 2.67. The first kappa shape index (κ1) is 10.8. The van der Waals surface area contributed by atoms with Crippen LogP contribution >= 0.6 is 0 Å². The van der Waals surface area contributed by atoms with E-state index in [2.05, 4.69) is 26.9 Å². The molecule has 0 amide bonds. The Morgan fingerprint density at radius 1 is 1.67 bits per heavy atom. The molecule has 2 N–H and O–H groups in total. The number of aromatic nitrogens is 1. The third-order valence-electron chi connectivity index (χ3n) is 1.49. The molecule has 1 heterocycles. The average molecular weight is 205 g/mol. The predicted molar refractivity (Wildman–Crippen MR) is 54.1 cm³/mol. The van der Waals surface area contributed by atoms with E-state index in [-0.39, 0.29) is 5.69 Å². The maximum Gasteiger partial charge on any atom is 0.143 e. The molecule has 5 nitrogen and oxygen atoms in total. The van der Waals surface area contributed by atoms with E-state index in [4.69, 9.17) is 11.3 Å². The van der Waals surface area contributed by atoms with Crippen molar-refractivity contribution in [3.63, 3.8) is 0 Å². The van der Waals surface area contributed by atoms with Crippen molar-refractivity contribution >= 4 is 5.69 Å². The molecule has 1 aromatic rings. The highest BCUT2D eigenvalue weighted by atomic mass is 19.1. The fourth-order valence-corrected chi connectivity index (χ4v) is 0.856. The first-order valence-corrected chi connectivity index (χ1v) is 4.15. The third kappa shape index (κ3) is 3.55. The van der Waals surface area contributed by atoms with Crippen molar-refractivity contribution in [2.75, 3.05) is 12.3 Å². The van der Waals surface area contributed by atoms with Crippen molar-refractivity contribution < 1.29 is 4.39 Å². The predicted octanol–water partition coefficient (Wildman–Crippen LogP) is 1.85. The van der Waals surface area contributed by atoms with Gasteiger partial charge in [0.15, 0.2) is 0 Å². The number of rotatable bonds is 2. The summed E-state index contributed by atoms with van der Waals surface area (Å²) in [6, 6.07) is 1.16. The van der Waals surface area contributed by atoms with Crippen molar-refractivity contribution in [2.24, 2.45) is 5.11 Å².